The number of allylic oxidation sites excluding steroid dienone is 1. The standard InChI is InChI=1S/C14H29N3/c1-5-6-7-8-11-17(16-4)14(12-15)10-9-13(2)3/h12-13H,4-11,15H2,1-3H3/b14-12-. The van der Waals surface area contributed by atoms with Crippen LogP contribution in [0.1, 0.15) is 59.3 Å². The number of nitrogens with two attached hydrogens (primary N) is 1. The summed E-state index contributed by atoms with van der Waals surface area (Å²) in [6.45, 7) is 11.2. The van der Waals surface area contributed by atoms with Gasteiger partial charge in [0.05, 0.1) is 5.70 Å². The molecule has 0 fully saturated rings. The van der Waals surface area contributed by atoms with Crippen molar-refractivity contribution in [1.29, 1.82) is 0 Å². The van der Waals surface area contributed by atoms with Crippen molar-refractivity contribution in [2.45, 2.75) is 59.3 Å². The summed E-state index contributed by atoms with van der Waals surface area (Å²) in [6.07, 6.45) is 8.77. The van der Waals surface area contributed by atoms with Crippen molar-refractivity contribution in [3.05, 3.63) is 11.9 Å². The molecule has 0 aromatic rings. The minimum Gasteiger partial charge on any atom is -0.403 e. The highest BCUT2D eigenvalue weighted by molar-refractivity contribution is 5.23. The third-order valence-electron chi connectivity index (χ3n) is 2.90. The van der Waals surface area contributed by atoms with Crippen molar-refractivity contribution in [2.24, 2.45) is 16.8 Å². The van der Waals surface area contributed by atoms with E-state index in [9.17, 15) is 0 Å². The molecule has 0 aliphatic rings. The van der Waals surface area contributed by atoms with Gasteiger partial charge in [-0.15, -0.1) is 0 Å². The molecule has 100 valence electrons. The quantitative estimate of drug-likeness (QED) is 0.358. The van der Waals surface area contributed by atoms with E-state index < -0.39 is 0 Å². The number of hydrazone groups is 1. The normalized spacial score (nSPS) is 11.9. The monoisotopic (exact) mass is 239 g/mol. The molecule has 17 heavy (non-hydrogen) atoms. The number of hydrogen-bond acceptors (Lipinski definition) is 3. The molecule has 0 unspecified atom stereocenters. The fourth-order valence-corrected chi connectivity index (χ4v) is 1.73. The Kier molecular flexibility index (Phi) is 9.59. The Hall–Kier alpha value is -0.990. The average Bonchev–Trinajstić information content (AvgIpc) is 2.32. The van der Waals surface area contributed by atoms with Crippen molar-refractivity contribution in [3.63, 3.8) is 0 Å². The van der Waals surface area contributed by atoms with Gasteiger partial charge in [-0.05, 0) is 25.2 Å². The highest BCUT2D eigenvalue weighted by Gasteiger charge is 2.07. The van der Waals surface area contributed by atoms with Gasteiger partial charge in [-0.1, -0.05) is 40.0 Å². The molecule has 0 heterocycles. The van der Waals surface area contributed by atoms with Gasteiger partial charge < -0.3 is 5.73 Å². The van der Waals surface area contributed by atoms with Gasteiger partial charge in [-0.25, -0.2) is 0 Å². The summed E-state index contributed by atoms with van der Waals surface area (Å²) in [4.78, 5) is 0. The molecule has 0 aliphatic heterocycles. The van der Waals surface area contributed by atoms with Crippen LogP contribution in [0.15, 0.2) is 17.0 Å². The van der Waals surface area contributed by atoms with Crippen LogP contribution in [-0.4, -0.2) is 18.3 Å². The Morgan fingerprint density at radius 1 is 1.35 bits per heavy atom. The van der Waals surface area contributed by atoms with Gasteiger partial charge in [-0.2, -0.15) is 5.10 Å². The first-order valence-corrected chi connectivity index (χ1v) is 6.80. The lowest BCUT2D eigenvalue weighted by Gasteiger charge is -2.22. The van der Waals surface area contributed by atoms with Crippen LogP contribution in [0.2, 0.25) is 0 Å². The van der Waals surface area contributed by atoms with Crippen molar-refractivity contribution in [2.75, 3.05) is 6.54 Å². The second-order valence-electron chi connectivity index (χ2n) is 4.92. The van der Waals surface area contributed by atoms with E-state index in [0.717, 1.165) is 31.5 Å². The van der Waals surface area contributed by atoms with E-state index in [1.54, 1.807) is 6.20 Å². The zero-order valence-corrected chi connectivity index (χ0v) is 11.8. The van der Waals surface area contributed by atoms with E-state index in [4.69, 9.17) is 5.73 Å². The lowest BCUT2D eigenvalue weighted by atomic mass is 10.1. The van der Waals surface area contributed by atoms with Crippen LogP contribution in [0.25, 0.3) is 0 Å². The smallest absolute Gasteiger partial charge is 0.0522 e. The third kappa shape index (κ3) is 7.83. The molecule has 0 rings (SSSR count). The molecule has 0 bridgehead atoms. The summed E-state index contributed by atoms with van der Waals surface area (Å²) in [7, 11) is 0. The van der Waals surface area contributed by atoms with E-state index in [1.165, 1.54) is 19.3 Å². The minimum atomic E-state index is 0.691. The first kappa shape index (κ1) is 16.0. The van der Waals surface area contributed by atoms with Gasteiger partial charge in [0.25, 0.3) is 0 Å². The summed E-state index contributed by atoms with van der Waals surface area (Å²) in [5.74, 6) is 0.691. The van der Waals surface area contributed by atoms with Crippen LogP contribution >= 0.6 is 0 Å². The molecule has 2 N–H and O–H groups in total. The fraction of sp³-hybridized carbons (Fsp3) is 0.786. The summed E-state index contributed by atoms with van der Waals surface area (Å²) >= 11 is 0. The maximum Gasteiger partial charge on any atom is 0.0522 e. The van der Waals surface area contributed by atoms with Crippen LogP contribution in [0.3, 0.4) is 0 Å². The molecule has 3 nitrogen and oxygen atoms in total. The predicted molar refractivity (Wildman–Crippen MR) is 76.7 cm³/mol. The Labute approximate surface area is 107 Å². The molecule has 0 saturated carbocycles. The lowest BCUT2D eigenvalue weighted by Crippen LogP contribution is -2.19. The maximum atomic E-state index is 5.67. The molecule has 0 radical (unpaired) electrons. The molecule has 0 aliphatic carbocycles. The third-order valence-corrected chi connectivity index (χ3v) is 2.90. The van der Waals surface area contributed by atoms with Gasteiger partial charge in [0, 0.05) is 19.5 Å². The fourth-order valence-electron chi connectivity index (χ4n) is 1.73. The SMILES string of the molecule is C=NN(CCCCCC)/C(=C\N)CCC(C)C. The average molecular weight is 239 g/mol. The maximum absolute atomic E-state index is 5.67. The van der Waals surface area contributed by atoms with Crippen molar-refractivity contribution >= 4 is 6.72 Å². The van der Waals surface area contributed by atoms with Crippen LogP contribution in [0.5, 0.6) is 0 Å². The second-order valence-corrected chi connectivity index (χ2v) is 4.92. The summed E-state index contributed by atoms with van der Waals surface area (Å²) < 4.78 is 0. The van der Waals surface area contributed by atoms with E-state index >= 15 is 0 Å². The van der Waals surface area contributed by atoms with Crippen molar-refractivity contribution in [1.82, 2.24) is 5.01 Å². The first-order chi connectivity index (χ1) is 8.15. The van der Waals surface area contributed by atoms with Gasteiger partial charge in [0.15, 0.2) is 0 Å². The van der Waals surface area contributed by atoms with Crippen LogP contribution in [-0.2, 0) is 0 Å². The largest absolute Gasteiger partial charge is 0.403 e. The second kappa shape index (κ2) is 10.2. The van der Waals surface area contributed by atoms with Gasteiger partial charge in [0.2, 0.25) is 0 Å². The highest BCUT2D eigenvalue weighted by atomic mass is 15.4. The molecule has 0 spiro atoms. The number of rotatable bonds is 10. The predicted octanol–water partition coefficient (Wildman–Crippen LogP) is 3.72. The van der Waals surface area contributed by atoms with E-state index in [2.05, 4.69) is 32.6 Å². The van der Waals surface area contributed by atoms with E-state index in [-0.39, 0.29) is 0 Å². The minimum absolute atomic E-state index is 0.691. The van der Waals surface area contributed by atoms with Gasteiger partial charge >= 0.3 is 0 Å². The van der Waals surface area contributed by atoms with Crippen molar-refractivity contribution < 1.29 is 0 Å². The molecule has 3 heteroatoms. The van der Waals surface area contributed by atoms with Gasteiger partial charge in [-0.3, -0.25) is 5.01 Å². The van der Waals surface area contributed by atoms with Crippen LogP contribution in [0.4, 0.5) is 0 Å². The summed E-state index contributed by atoms with van der Waals surface area (Å²) in [5.41, 5.74) is 6.78. The zero-order chi connectivity index (χ0) is 13.1. The van der Waals surface area contributed by atoms with Gasteiger partial charge in [0.1, 0.15) is 0 Å². The van der Waals surface area contributed by atoms with Crippen LogP contribution < -0.4 is 5.73 Å². The molecule has 0 atom stereocenters. The number of hydrogen-bond donors (Lipinski definition) is 1. The molecular weight excluding hydrogens is 210 g/mol. The molecule has 0 aromatic heterocycles. The zero-order valence-electron chi connectivity index (χ0n) is 11.8. The summed E-state index contributed by atoms with van der Waals surface area (Å²) in [5, 5.41) is 6.03. The number of nitrogens with zero attached hydrogens (tertiary/aromatic N) is 2. The lowest BCUT2D eigenvalue weighted by molar-refractivity contribution is 0.333. The molecule has 0 amide bonds. The number of unbranched alkanes of at least 4 members (excludes halogenated alkanes) is 3. The molecule has 0 aromatic carbocycles. The first-order valence-electron chi connectivity index (χ1n) is 6.80. The Bertz CT molecular complexity index is 222. The van der Waals surface area contributed by atoms with Crippen molar-refractivity contribution in [3.8, 4) is 0 Å². The van der Waals surface area contributed by atoms with Crippen LogP contribution in [0, 0.1) is 5.92 Å². The summed E-state index contributed by atoms with van der Waals surface area (Å²) in [6, 6.07) is 0. The Morgan fingerprint density at radius 2 is 2.06 bits per heavy atom. The Morgan fingerprint density at radius 3 is 2.53 bits per heavy atom. The molecular formula is C14H29N3. The topological polar surface area (TPSA) is 41.6 Å². The molecule has 0 saturated heterocycles. The Balaban J connectivity index is 4.06. The van der Waals surface area contributed by atoms with E-state index in [1.807, 2.05) is 5.01 Å². The van der Waals surface area contributed by atoms with E-state index in [0.29, 0.717) is 5.92 Å². The highest BCUT2D eigenvalue weighted by Crippen LogP contribution is 2.16.